The first-order valence-electron chi connectivity index (χ1n) is 10.6. The Morgan fingerprint density at radius 3 is 2.39 bits per heavy atom. The molecular formula is C22H28N4O6S. The van der Waals surface area contributed by atoms with Gasteiger partial charge in [-0.25, -0.2) is 18.2 Å². The molecule has 1 aliphatic rings. The van der Waals surface area contributed by atoms with Gasteiger partial charge in [-0.1, -0.05) is 17.3 Å². The van der Waals surface area contributed by atoms with Gasteiger partial charge < -0.3 is 19.2 Å². The number of carbonyl (C=O) groups excluding carboxylic acids is 1. The number of nitrogens with zero attached hydrogens (tertiary/aromatic N) is 4. The van der Waals surface area contributed by atoms with Crippen molar-refractivity contribution in [3.05, 3.63) is 41.7 Å². The Morgan fingerprint density at radius 1 is 1.15 bits per heavy atom. The maximum Gasteiger partial charge on any atom is 0.409 e. The monoisotopic (exact) mass is 476 g/mol. The number of piperidine rings is 1. The van der Waals surface area contributed by atoms with Crippen LogP contribution in [0.15, 0.2) is 40.6 Å². The molecule has 2 heterocycles. The van der Waals surface area contributed by atoms with Crippen LogP contribution in [0.5, 0.6) is 11.8 Å². The van der Waals surface area contributed by atoms with E-state index in [-0.39, 0.29) is 23.0 Å². The van der Waals surface area contributed by atoms with Gasteiger partial charge in [-0.3, -0.25) is 0 Å². The molecule has 1 aromatic heterocycles. The first-order chi connectivity index (χ1) is 15.7. The van der Waals surface area contributed by atoms with Crippen LogP contribution in [0.1, 0.15) is 37.8 Å². The van der Waals surface area contributed by atoms with E-state index >= 15 is 0 Å². The highest BCUT2D eigenvalue weighted by Crippen LogP contribution is 2.26. The van der Waals surface area contributed by atoms with Gasteiger partial charge in [0.25, 0.3) is 5.88 Å². The van der Waals surface area contributed by atoms with Gasteiger partial charge in [-0.15, -0.1) is 0 Å². The maximum absolute atomic E-state index is 11.8. The van der Waals surface area contributed by atoms with E-state index in [4.69, 9.17) is 14.3 Å². The molecule has 0 spiro atoms. The molecule has 3 rings (SSSR count). The Balaban J connectivity index is 1.62. The van der Waals surface area contributed by atoms with Gasteiger partial charge in [-0.05, 0) is 38.5 Å². The molecule has 2 aromatic rings. The van der Waals surface area contributed by atoms with Gasteiger partial charge in [-0.2, -0.15) is 4.98 Å². The first-order valence-corrected chi connectivity index (χ1v) is 12.5. The number of carbonyl (C=O) groups is 1. The van der Waals surface area contributed by atoms with E-state index in [0.717, 1.165) is 11.8 Å². The number of oxime groups is 1. The third kappa shape index (κ3) is 6.41. The highest BCUT2D eigenvalue weighted by Gasteiger charge is 2.26. The Labute approximate surface area is 193 Å². The van der Waals surface area contributed by atoms with Gasteiger partial charge >= 0.3 is 6.09 Å². The van der Waals surface area contributed by atoms with Crippen molar-refractivity contribution in [1.82, 2.24) is 14.9 Å². The lowest BCUT2D eigenvalue weighted by Crippen LogP contribution is -2.42. The summed E-state index contributed by atoms with van der Waals surface area (Å²) in [5.41, 5.74) is 1.88. The smallest absolute Gasteiger partial charge is 0.409 e. The summed E-state index contributed by atoms with van der Waals surface area (Å²) >= 11 is 0. The lowest BCUT2D eigenvalue weighted by molar-refractivity contribution is 0.0683. The van der Waals surface area contributed by atoms with Crippen LogP contribution in [-0.4, -0.2) is 67.1 Å². The van der Waals surface area contributed by atoms with E-state index in [2.05, 4.69) is 15.1 Å². The van der Waals surface area contributed by atoms with Crippen LogP contribution in [0.3, 0.4) is 0 Å². The van der Waals surface area contributed by atoms with Crippen molar-refractivity contribution in [1.29, 1.82) is 0 Å². The summed E-state index contributed by atoms with van der Waals surface area (Å²) in [4.78, 5) is 27.6. The van der Waals surface area contributed by atoms with Gasteiger partial charge in [0.15, 0.2) is 9.84 Å². The Hall–Kier alpha value is -3.21. The fourth-order valence-electron chi connectivity index (χ4n) is 3.27. The van der Waals surface area contributed by atoms with Crippen LogP contribution in [0, 0.1) is 6.92 Å². The maximum atomic E-state index is 11.8. The summed E-state index contributed by atoms with van der Waals surface area (Å²) in [6.07, 6.45) is 3.45. The van der Waals surface area contributed by atoms with Crippen LogP contribution in [0.2, 0.25) is 0 Å². The summed E-state index contributed by atoms with van der Waals surface area (Å²) in [7, 11) is -3.26. The SMILES string of the molecule is CCOC(=O)N1CCC(Oc2ncnc(ON=C(C)c3ccc(S(C)(=O)=O)cc3)c2C)CC1. The second-order valence-electron chi connectivity index (χ2n) is 7.68. The molecular weight excluding hydrogens is 448 g/mol. The molecule has 0 radical (unpaired) electrons. The summed E-state index contributed by atoms with van der Waals surface area (Å²) < 4.78 is 34.3. The average Bonchev–Trinajstić information content (AvgIpc) is 2.79. The van der Waals surface area contributed by atoms with E-state index < -0.39 is 9.84 Å². The van der Waals surface area contributed by atoms with E-state index in [0.29, 0.717) is 49.7 Å². The molecule has 1 amide bonds. The molecule has 0 atom stereocenters. The number of hydrogen-bond acceptors (Lipinski definition) is 9. The largest absolute Gasteiger partial charge is 0.474 e. The Morgan fingerprint density at radius 2 is 1.79 bits per heavy atom. The van der Waals surface area contributed by atoms with Gasteiger partial charge in [0, 0.05) is 32.2 Å². The molecule has 1 aliphatic heterocycles. The van der Waals surface area contributed by atoms with Crippen molar-refractivity contribution >= 4 is 21.6 Å². The molecule has 1 fully saturated rings. The molecule has 10 nitrogen and oxygen atoms in total. The zero-order chi connectivity index (χ0) is 24.0. The van der Waals surface area contributed by atoms with E-state index in [1.165, 1.54) is 18.5 Å². The summed E-state index contributed by atoms with van der Waals surface area (Å²) in [6.45, 7) is 6.78. The fraction of sp³-hybridized carbons (Fsp3) is 0.455. The Bertz CT molecular complexity index is 1110. The van der Waals surface area contributed by atoms with Crippen molar-refractivity contribution in [2.45, 2.75) is 44.6 Å². The molecule has 0 saturated carbocycles. The summed E-state index contributed by atoms with van der Waals surface area (Å²) in [6, 6.07) is 6.39. The third-order valence-corrected chi connectivity index (χ3v) is 6.34. The van der Waals surface area contributed by atoms with E-state index in [1.54, 1.807) is 37.8 Å². The number of rotatable bonds is 7. The number of aromatic nitrogens is 2. The van der Waals surface area contributed by atoms with Crippen LogP contribution in [0.4, 0.5) is 4.79 Å². The lowest BCUT2D eigenvalue weighted by atomic mass is 10.1. The van der Waals surface area contributed by atoms with Crippen molar-refractivity contribution in [3.8, 4) is 11.8 Å². The molecule has 11 heteroatoms. The quantitative estimate of drug-likeness (QED) is 0.442. The lowest BCUT2D eigenvalue weighted by Gasteiger charge is -2.31. The zero-order valence-corrected chi connectivity index (χ0v) is 20.0. The first kappa shape index (κ1) is 24.4. The van der Waals surface area contributed by atoms with Crippen molar-refractivity contribution in [2.24, 2.45) is 5.16 Å². The number of sulfone groups is 1. The molecule has 0 bridgehead atoms. The number of hydrogen-bond donors (Lipinski definition) is 0. The van der Waals surface area contributed by atoms with Gasteiger partial charge in [0.2, 0.25) is 5.88 Å². The highest BCUT2D eigenvalue weighted by molar-refractivity contribution is 7.90. The summed E-state index contributed by atoms with van der Waals surface area (Å²) in [5.74, 6) is 0.663. The third-order valence-electron chi connectivity index (χ3n) is 5.21. The number of benzene rings is 1. The number of ether oxygens (including phenoxy) is 2. The van der Waals surface area contributed by atoms with Crippen LogP contribution in [-0.2, 0) is 14.6 Å². The predicted octanol–water partition coefficient (Wildman–Crippen LogP) is 2.99. The van der Waals surface area contributed by atoms with Crippen molar-refractivity contribution in [3.63, 3.8) is 0 Å². The second-order valence-corrected chi connectivity index (χ2v) is 9.69. The second kappa shape index (κ2) is 10.6. The number of likely N-dealkylation sites (tertiary alicyclic amines) is 1. The minimum absolute atomic E-state index is 0.0873. The molecule has 1 saturated heterocycles. The molecule has 0 N–H and O–H groups in total. The molecule has 1 aromatic carbocycles. The normalized spacial score (nSPS) is 15.3. The van der Waals surface area contributed by atoms with E-state index in [1.807, 2.05) is 0 Å². The average molecular weight is 477 g/mol. The highest BCUT2D eigenvalue weighted by atomic mass is 32.2. The minimum Gasteiger partial charge on any atom is -0.474 e. The standard InChI is InChI=1S/C22H28N4O6S/c1-5-30-22(27)26-12-10-18(11-13-26)31-20-15(2)21(24-14-23-20)32-25-16(3)17-6-8-19(9-7-17)33(4,28)29/h6-9,14,18H,5,10-13H2,1-4H3. The Kier molecular flexibility index (Phi) is 7.85. The van der Waals surface area contributed by atoms with Crippen LogP contribution >= 0.6 is 0 Å². The summed E-state index contributed by atoms with van der Waals surface area (Å²) in [5, 5.41) is 4.12. The fourth-order valence-corrected chi connectivity index (χ4v) is 3.90. The van der Waals surface area contributed by atoms with Gasteiger partial charge in [0.1, 0.15) is 12.4 Å². The molecule has 0 unspecified atom stereocenters. The van der Waals surface area contributed by atoms with Crippen molar-refractivity contribution < 1.29 is 27.5 Å². The minimum atomic E-state index is -3.26. The predicted molar refractivity (Wildman–Crippen MR) is 121 cm³/mol. The van der Waals surface area contributed by atoms with Crippen molar-refractivity contribution in [2.75, 3.05) is 26.0 Å². The van der Waals surface area contributed by atoms with Crippen LogP contribution in [0.25, 0.3) is 0 Å². The topological polar surface area (TPSA) is 120 Å². The number of amides is 1. The van der Waals surface area contributed by atoms with Gasteiger partial charge in [0.05, 0.1) is 22.8 Å². The molecule has 0 aliphatic carbocycles. The van der Waals surface area contributed by atoms with E-state index in [9.17, 15) is 13.2 Å². The zero-order valence-electron chi connectivity index (χ0n) is 19.1. The molecule has 178 valence electrons. The molecule has 33 heavy (non-hydrogen) atoms. The van der Waals surface area contributed by atoms with Crippen LogP contribution < -0.4 is 9.57 Å².